The van der Waals surface area contributed by atoms with E-state index in [0.717, 1.165) is 11.3 Å². The molecule has 0 aliphatic heterocycles. The molecule has 0 aliphatic rings. The standard InChI is InChI=1S/C25H21NO4/c1-3-29-19-14-12-18(13-15-19)26-25(28)21-11-7-10-20-22(27)16(2)23(30-24(20)21)17-8-5-4-6-9-17/h4-15H,3H2,1-2H3,(H,26,28). The van der Waals surface area contributed by atoms with Crippen molar-refractivity contribution in [2.75, 3.05) is 11.9 Å². The van der Waals surface area contributed by atoms with Gasteiger partial charge in [0.05, 0.1) is 17.6 Å². The van der Waals surface area contributed by atoms with Crippen molar-refractivity contribution in [1.29, 1.82) is 0 Å². The number of carbonyl (C=O) groups excluding carboxylic acids is 1. The predicted molar refractivity (Wildman–Crippen MR) is 118 cm³/mol. The first-order chi connectivity index (χ1) is 14.6. The number of anilines is 1. The van der Waals surface area contributed by atoms with E-state index in [9.17, 15) is 9.59 Å². The number of rotatable bonds is 5. The molecule has 1 aromatic heterocycles. The van der Waals surface area contributed by atoms with Crippen LogP contribution in [0.3, 0.4) is 0 Å². The molecule has 5 heteroatoms. The van der Waals surface area contributed by atoms with E-state index in [4.69, 9.17) is 9.15 Å². The van der Waals surface area contributed by atoms with Gasteiger partial charge in [0.2, 0.25) is 0 Å². The minimum Gasteiger partial charge on any atom is -0.494 e. The maximum Gasteiger partial charge on any atom is 0.259 e. The van der Waals surface area contributed by atoms with Crippen LogP contribution in [-0.2, 0) is 0 Å². The molecule has 0 unspecified atom stereocenters. The first-order valence-electron chi connectivity index (χ1n) is 9.74. The van der Waals surface area contributed by atoms with Gasteiger partial charge in [-0.3, -0.25) is 9.59 Å². The Bertz CT molecular complexity index is 1260. The first-order valence-corrected chi connectivity index (χ1v) is 9.74. The van der Waals surface area contributed by atoms with Gasteiger partial charge in [0.1, 0.15) is 11.5 Å². The first kappa shape index (κ1) is 19.5. The molecule has 0 bridgehead atoms. The lowest BCUT2D eigenvalue weighted by Crippen LogP contribution is -2.15. The van der Waals surface area contributed by atoms with Crippen LogP contribution in [0.5, 0.6) is 5.75 Å². The molecule has 1 heterocycles. The maximum absolute atomic E-state index is 13.0. The van der Waals surface area contributed by atoms with Crippen molar-refractivity contribution in [3.8, 4) is 17.1 Å². The summed E-state index contributed by atoms with van der Waals surface area (Å²) in [5.41, 5.74) is 2.35. The van der Waals surface area contributed by atoms with Gasteiger partial charge in [-0.15, -0.1) is 0 Å². The van der Waals surface area contributed by atoms with Gasteiger partial charge < -0.3 is 14.5 Å². The van der Waals surface area contributed by atoms with Crippen molar-refractivity contribution in [1.82, 2.24) is 0 Å². The highest BCUT2D eigenvalue weighted by Gasteiger charge is 2.18. The SMILES string of the molecule is CCOc1ccc(NC(=O)c2cccc3c(=O)c(C)c(-c4ccccc4)oc23)cc1. The van der Waals surface area contributed by atoms with E-state index in [0.29, 0.717) is 34.6 Å². The third-order valence-corrected chi connectivity index (χ3v) is 4.85. The second-order valence-corrected chi connectivity index (χ2v) is 6.85. The van der Waals surface area contributed by atoms with Crippen molar-refractivity contribution >= 4 is 22.6 Å². The summed E-state index contributed by atoms with van der Waals surface area (Å²) < 4.78 is 11.5. The molecular formula is C25H21NO4. The summed E-state index contributed by atoms with van der Waals surface area (Å²) in [6.45, 7) is 4.22. The minimum atomic E-state index is -0.351. The lowest BCUT2D eigenvalue weighted by molar-refractivity contribution is 0.102. The Morgan fingerprint density at radius 3 is 2.40 bits per heavy atom. The Balaban J connectivity index is 1.76. The predicted octanol–water partition coefficient (Wildman–Crippen LogP) is 5.42. The van der Waals surface area contributed by atoms with E-state index in [-0.39, 0.29) is 16.9 Å². The van der Waals surface area contributed by atoms with Gasteiger partial charge in [-0.25, -0.2) is 0 Å². The lowest BCUT2D eigenvalue weighted by atomic mass is 10.0. The molecule has 0 aliphatic carbocycles. The van der Waals surface area contributed by atoms with Crippen LogP contribution in [0.1, 0.15) is 22.8 Å². The number of fused-ring (bicyclic) bond motifs is 1. The molecule has 5 nitrogen and oxygen atoms in total. The molecule has 0 fully saturated rings. The molecule has 1 amide bonds. The Kier molecular flexibility index (Phi) is 5.35. The van der Waals surface area contributed by atoms with E-state index in [2.05, 4.69) is 5.32 Å². The Hall–Kier alpha value is -3.86. The monoisotopic (exact) mass is 399 g/mol. The summed E-state index contributed by atoms with van der Waals surface area (Å²) in [5.74, 6) is 0.847. The highest BCUT2D eigenvalue weighted by atomic mass is 16.5. The molecule has 1 N–H and O–H groups in total. The quantitative estimate of drug-likeness (QED) is 0.487. The molecular weight excluding hydrogens is 378 g/mol. The number of hydrogen-bond donors (Lipinski definition) is 1. The van der Waals surface area contributed by atoms with E-state index >= 15 is 0 Å². The third kappa shape index (κ3) is 3.70. The molecule has 0 saturated carbocycles. The van der Waals surface area contributed by atoms with Crippen LogP contribution in [0.4, 0.5) is 5.69 Å². The summed E-state index contributed by atoms with van der Waals surface area (Å²) in [5, 5.41) is 3.24. The average molecular weight is 399 g/mol. The summed E-state index contributed by atoms with van der Waals surface area (Å²) in [6, 6.07) is 21.5. The van der Waals surface area contributed by atoms with Crippen LogP contribution >= 0.6 is 0 Å². The summed E-state index contributed by atoms with van der Waals surface area (Å²) >= 11 is 0. The highest BCUT2D eigenvalue weighted by molar-refractivity contribution is 6.11. The summed E-state index contributed by atoms with van der Waals surface area (Å²) in [6.07, 6.45) is 0. The molecule has 4 aromatic rings. The number of para-hydroxylation sites is 1. The van der Waals surface area contributed by atoms with Crippen LogP contribution in [0.15, 0.2) is 82.0 Å². The van der Waals surface area contributed by atoms with Gasteiger partial charge in [-0.2, -0.15) is 0 Å². The molecule has 0 spiro atoms. The van der Waals surface area contributed by atoms with Crippen LogP contribution in [0.2, 0.25) is 0 Å². The largest absolute Gasteiger partial charge is 0.494 e. The number of benzene rings is 3. The summed E-state index contributed by atoms with van der Waals surface area (Å²) in [7, 11) is 0. The van der Waals surface area contributed by atoms with E-state index in [1.165, 1.54) is 0 Å². The van der Waals surface area contributed by atoms with Crippen LogP contribution in [0.25, 0.3) is 22.3 Å². The van der Waals surface area contributed by atoms with Gasteiger partial charge in [-0.1, -0.05) is 36.4 Å². The van der Waals surface area contributed by atoms with Crippen molar-refractivity contribution in [3.05, 3.63) is 94.1 Å². The smallest absolute Gasteiger partial charge is 0.259 e. The molecule has 0 radical (unpaired) electrons. The number of hydrogen-bond acceptors (Lipinski definition) is 4. The fourth-order valence-electron chi connectivity index (χ4n) is 3.35. The fraction of sp³-hybridized carbons (Fsp3) is 0.120. The van der Waals surface area contributed by atoms with Crippen LogP contribution in [-0.4, -0.2) is 12.5 Å². The number of amides is 1. The zero-order chi connectivity index (χ0) is 21.1. The van der Waals surface area contributed by atoms with Crippen molar-refractivity contribution < 1.29 is 13.9 Å². The minimum absolute atomic E-state index is 0.147. The van der Waals surface area contributed by atoms with Crippen molar-refractivity contribution in [2.24, 2.45) is 0 Å². The lowest BCUT2D eigenvalue weighted by Gasteiger charge is -2.11. The normalized spacial score (nSPS) is 10.7. The van der Waals surface area contributed by atoms with Gasteiger partial charge in [0.15, 0.2) is 11.0 Å². The van der Waals surface area contributed by atoms with Gasteiger partial charge in [-0.05, 0) is 50.2 Å². The van der Waals surface area contributed by atoms with E-state index < -0.39 is 0 Å². The Labute approximate surface area is 173 Å². The molecule has 150 valence electrons. The summed E-state index contributed by atoms with van der Waals surface area (Å²) in [4.78, 5) is 25.9. The molecule has 0 saturated heterocycles. The zero-order valence-electron chi connectivity index (χ0n) is 16.8. The third-order valence-electron chi connectivity index (χ3n) is 4.85. The van der Waals surface area contributed by atoms with Crippen molar-refractivity contribution in [3.63, 3.8) is 0 Å². The van der Waals surface area contributed by atoms with E-state index in [1.54, 1.807) is 49.4 Å². The second-order valence-electron chi connectivity index (χ2n) is 6.85. The molecule has 4 rings (SSSR count). The van der Waals surface area contributed by atoms with Gasteiger partial charge in [0.25, 0.3) is 5.91 Å². The van der Waals surface area contributed by atoms with Gasteiger partial charge in [0, 0.05) is 16.8 Å². The maximum atomic E-state index is 13.0. The second kappa shape index (κ2) is 8.25. The number of ether oxygens (including phenoxy) is 1. The van der Waals surface area contributed by atoms with Crippen LogP contribution < -0.4 is 15.5 Å². The Morgan fingerprint density at radius 1 is 0.967 bits per heavy atom. The van der Waals surface area contributed by atoms with E-state index in [1.807, 2.05) is 37.3 Å². The van der Waals surface area contributed by atoms with Crippen molar-refractivity contribution in [2.45, 2.75) is 13.8 Å². The zero-order valence-corrected chi connectivity index (χ0v) is 16.8. The molecule has 3 aromatic carbocycles. The Morgan fingerprint density at radius 2 is 1.70 bits per heavy atom. The topological polar surface area (TPSA) is 68.5 Å². The number of nitrogens with one attached hydrogen (secondary N) is 1. The van der Waals surface area contributed by atoms with Gasteiger partial charge >= 0.3 is 0 Å². The average Bonchev–Trinajstić information content (AvgIpc) is 2.78. The molecule has 0 atom stereocenters. The molecule has 30 heavy (non-hydrogen) atoms. The highest BCUT2D eigenvalue weighted by Crippen LogP contribution is 2.27. The number of carbonyl (C=O) groups is 1. The fourth-order valence-corrected chi connectivity index (χ4v) is 3.35. The van der Waals surface area contributed by atoms with Crippen LogP contribution in [0, 0.1) is 6.92 Å².